The number of amides is 1. The second kappa shape index (κ2) is 5.83. The Morgan fingerprint density at radius 1 is 1.35 bits per heavy atom. The molecule has 0 bridgehead atoms. The molecule has 0 aromatic heterocycles. The van der Waals surface area contributed by atoms with Gasteiger partial charge in [-0.25, -0.2) is 0 Å². The zero-order valence-corrected chi connectivity index (χ0v) is 11.1. The molecular weight excluding hydrogens is 216 g/mol. The Morgan fingerprint density at radius 2 is 1.88 bits per heavy atom. The molecular formula is C13H26N2O2. The van der Waals surface area contributed by atoms with Crippen molar-refractivity contribution in [2.75, 3.05) is 6.61 Å². The van der Waals surface area contributed by atoms with Gasteiger partial charge in [0.15, 0.2) is 0 Å². The van der Waals surface area contributed by atoms with E-state index in [-0.39, 0.29) is 18.1 Å². The zero-order valence-electron chi connectivity index (χ0n) is 11.1. The summed E-state index contributed by atoms with van der Waals surface area (Å²) in [6.45, 7) is 3.95. The Hall–Kier alpha value is -0.610. The molecule has 0 unspecified atom stereocenters. The Balaban J connectivity index is 2.53. The van der Waals surface area contributed by atoms with Gasteiger partial charge < -0.3 is 16.2 Å². The number of hydrogen-bond donors (Lipinski definition) is 3. The predicted octanol–water partition coefficient (Wildman–Crippen LogP) is 1.32. The van der Waals surface area contributed by atoms with Crippen LogP contribution >= 0.6 is 0 Å². The van der Waals surface area contributed by atoms with Crippen molar-refractivity contribution < 1.29 is 9.90 Å². The lowest BCUT2D eigenvalue weighted by Crippen LogP contribution is -2.53. The van der Waals surface area contributed by atoms with Crippen LogP contribution in [0.2, 0.25) is 0 Å². The Kier molecular flexibility index (Phi) is 4.95. The van der Waals surface area contributed by atoms with Crippen molar-refractivity contribution in [3.63, 3.8) is 0 Å². The van der Waals surface area contributed by atoms with Gasteiger partial charge in [0.05, 0.1) is 12.1 Å². The minimum absolute atomic E-state index is 0.0106. The monoisotopic (exact) mass is 242 g/mol. The number of carbonyl (C=O) groups is 1. The van der Waals surface area contributed by atoms with Crippen LogP contribution in [0, 0.1) is 0 Å². The molecule has 4 N–H and O–H groups in total. The van der Waals surface area contributed by atoms with Gasteiger partial charge in [-0.05, 0) is 25.7 Å². The van der Waals surface area contributed by atoms with Crippen molar-refractivity contribution in [3.05, 3.63) is 0 Å². The van der Waals surface area contributed by atoms with E-state index in [1.807, 2.05) is 13.8 Å². The first-order valence-corrected chi connectivity index (χ1v) is 6.70. The average Bonchev–Trinajstić information content (AvgIpc) is 2.72. The highest BCUT2D eigenvalue weighted by Crippen LogP contribution is 2.30. The predicted molar refractivity (Wildman–Crippen MR) is 68.5 cm³/mol. The average molecular weight is 242 g/mol. The summed E-state index contributed by atoms with van der Waals surface area (Å²) in [6, 6.07) is 0. The van der Waals surface area contributed by atoms with E-state index in [0.29, 0.717) is 6.42 Å². The lowest BCUT2D eigenvalue weighted by Gasteiger charge is -2.32. The van der Waals surface area contributed by atoms with Crippen molar-refractivity contribution in [2.24, 2.45) is 5.73 Å². The van der Waals surface area contributed by atoms with Gasteiger partial charge >= 0.3 is 0 Å². The number of aliphatic hydroxyl groups is 1. The standard InChI is InChI=1S/C13H26N2O2/c1-3-13(4-2,10-16)15-11(17)9-12(14)7-5-6-8-12/h16H,3-10,14H2,1-2H3,(H,15,17). The maximum Gasteiger partial charge on any atom is 0.222 e. The van der Waals surface area contributed by atoms with Gasteiger partial charge in [-0.3, -0.25) is 4.79 Å². The minimum Gasteiger partial charge on any atom is -0.394 e. The highest BCUT2D eigenvalue weighted by atomic mass is 16.3. The van der Waals surface area contributed by atoms with Crippen molar-refractivity contribution in [1.82, 2.24) is 5.32 Å². The topological polar surface area (TPSA) is 75.3 Å². The van der Waals surface area contributed by atoms with Crippen LogP contribution in [0.3, 0.4) is 0 Å². The van der Waals surface area contributed by atoms with Crippen LogP contribution in [0.5, 0.6) is 0 Å². The zero-order chi connectivity index (χ0) is 12.9. The van der Waals surface area contributed by atoms with Crippen molar-refractivity contribution in [2.45, 2.75) is 69.9 Å². The third-order valence-electron chi connectivity index (χ3n) is 4.17. The third kappa shape index (κ3) is 3.68. The van der Waals surface area contributed by atoms with E-state index < -0.39 is 5.54 Å². The maximum absolute atomic E-state index is 12.0. The van der Waals surface area contributed by atoms with Gasteiger partial charge in [0.25, 0.3) is 0 Å². The summed E-state index contributed by atoms with van der Waals surface area (Å²) in [7, 11) is 0. The van der Waals surface area contributed by atoms with Crippen LogP contribution < -0.4 is 11.1 Å². The van der Waals surface area contributed by atoms with E-state index in [9.17, 15) is 9.90 Å². The summed E-state index contributed by atoms with van der Waals surface area (Å²) < 4.78 is 0. The van der Waals surface area contributed by atoms with Gasteiger partial charge in [0.2, 0.25) is 5.91 Å². The molecule has 0 spiro atoms. The molecule has 17 heavy (non-hydrogen) atoms. The summed E-state index contributed by atoms with van der Waals surface area (Å²) in [5, 5.41) is 12.4. The first-order valence-electron chi connectivity index (χ1n) is 6.70. The number of aliphatic hydroxyl groups excluding tert-OH is 1. The van der Waals surface area contributed by atoms with E-state index in [4.69, 9.17) is 5.73 Å². The van der Waals surface area contributed by atoms with Gasteiger partial charge in [0.1, 0.15) is 0 Å². The van der Waals surface area contributed by atoms with E-state index in [1.54, 1.807) is 0 Å². The molecule has 1 fully saturated rings. The van der Waals surface area contributed by atoms with Crippen LogP contribution in [0.25, 0.3) is 0 Å². The van der Waals surface area contributed by atoms with Gasteiger partial charge in [0, 0.05) is 12.0 Å². The number of nitrogens with two attached hydrogens (primary N) is 1. The Labute approximate surface area is 104 Å². The number of rotatable bonds is 6. The second-order valence-corrected chi connectivity index (χ2v) is 5.44. The molecule has 0 aliphatic heterocycles. The van der Waals surface area contributed by atoms with Gasteiger partial charge in [-0.1, -0.05) is 26.7 Å². The fraction of sp³-hybridized carbons (Fsp3) is 0.923. The van der Waals surface area contributed by atoms with E-state index >= 15 is 0 Å². The smallest absolute Gasteiger partial charge is 0.222 e. The minimum atomic E-state index is -0.466. The second-order valence-electron chi connectivity index (χ2n) is 5.44. The van der Waals surface area contributed by atoms with Crippen LogP contribution in [0.4, 0.5) is 0 Å². The van der Waals surface area contributed by atoms with Gasteiger partial charge in [-0.15, -0.1) is 0 Å². The van der Waals surface area contributed by atoms with Crippen molar-refractivity contribution in [1.29, 1.82) is 0 Å². The highest BCUT2D eigenvalue weighted by Gasteiger charge is 2.34. The lowest BCUT2D eigenvalue weighted by molar-refractivity contribution is -0.125. The molecule has 1 aliphatic rings. The molecule has 0 heterocycles. The molecule has 1 aliphatic carbocycles. The van der Waals surface area contributed by atoms with Crippen LogP contribution in [0.1, 0.15) is 58.8 Å². The summed E-state index contributed by atoms with van der Waals surface area (Å²) >= 11 is 0. The summed E-state index contributed by atoms with van der Waals surface area (Å²) in [4.78, 5) is 12.0. The SMILES string of the molecule is CCC(CC)(CO)NC(=O)CC1(N)CCCC1. The summed E-state index contributed by atoms with van der Waals surface area (Å²) in [6.07, 6.45) is 5.98. The molecule has 0 aromatic carbocycles. The molecule has 0 saturated heterocycles. The highest BCUT2D eigenvalue weighted by molar-refractivity contribution is 5.78. The molecule has 4 heteroatoms. The van der Waals surface area contributed by atoms with E-state index in [1.165, 1.54) is 0 Å². The maximum atomic E-state index is 12.0. The van der Waals surface area contributed by atoms with Gasteiger partial charge in [-0.2, -0.15) is 0 Å². The van der Waals surface area contributed by atoms with Crippen LogP contribution in [-0.2, 0) is 4.79 Å². The molecule has 1 amide bonds. The third-order valence-corrected chi connectivity index (χ3v) is 4.17. The van der Waals surface area contributed by atoms with E-state index in [2.05, 4.69) is 5.32 Å². The molecule has 0 radical (unpaired) electrons. The normalized spacial score (nSPS) is 19.3. The lowest BCUT2D eigenvalue weighted by atomic mass is 9.90. The Bertz CT molecular complexity index is 248. The molecule has 0 atom stereocenters. The van der Waals surface area contributed by atoms with Crippen LogP contribution in [-0.4, -0.2) is 28.7 Å². The fourth-order valence-corrected chi connectivity index (χ4v) is 2.61. The van der Waals surface area contributed by atoms with Crippen molar-refractivity contribution >= 4 is 5.91 Å². The summed E-state index contributed by atoms with van der Waals surface area (Å²) in [5.74, 6) is -0.0212. The first kappa shape index (κ1) is 14.5. The molecule has 1 rings (SSSR count). The largest absolute Gasteiger partial charge is 0.394 e. The summed E-state index contributed by atoms with van der Waals surface area (Å²) in [5.41, 5.74) is 5.40. The molecule has 0 aromatic rings. The first-order chi connectivity index (χ1) is 7.99. The fourth-order valence-electron chi connectivity index (χ4n) is 2.61. The number of nitrogens with one attached hydrogen (secondary N) is 1. The number of carbonyl (C=O) groups excluding carboxylic acids is 1. The molecule has 1 saturated carbocycles. The van der Waals surface area contributed by atoms with Crippen LogP contribution in [0.15, 0.2) is 0 Å². The number of hydrogen-bond acceptors (Lipinski definition) is 3. The quantitative estimate of drug-likeness (QED) is 0.657. The van der Waals surface area contributed by atoms with E-state index in [0.717, 1.165) is 38.5 Å². The Morgan fingerprint density at radius 3 is 2.29 bits per heavy atom. The molecule has 4 nitrogen and oxygen atoms in total. The van der Waals surface area contributed by atoms with Crippen molar-refractivity contribution in [3.8, 4) is 0 Å². The molecule has 100 valence electrons.